The van der Waals surface area contributed by atoms with Gasteiger partial charge in [-0.25, -0.2) is 0 Å². The minimum Gasteiger partial charge on any atom is -0.317 e. The lowest BCUT2D eigenvalue weighted by Crippen LogP contribution is -2.40. The molecule has 3 aliphatic rings. The van der Waals surface area contributed by atoms with Crippen LogP contribution in [0.1, 0.15) is 44.9 Å². The van der Waals surface area contributed by atoms with E-state index in [9.17, 15) is 0 Å². The molecule has 3 rings (SSSR count). The summed E-state index contributed by atoms with van der Waals surface area (Å²) in [6.07, 6.45) is 10.2. The Morgan fingerprint density at radius 1 is 0.875 bits per heavy atom. The normalized spacial score (nSPS) is 44.8. The average Bonchev–Trinajstić information content (AvgIpc) is 2.89. The van der Waals surface area contributed by atoms with E-state index in [1.165, 1.54) is 58.0 Å². The summed E-state index contributed by atoms with van der Waals surface area (Å²) in [7, 11) is 2.12. The third-order valence-corrected chi connectivity index (χ3v) is 5.38. The second-order valence-electron chi connectivity index (χ2n) is 6.20. The van der Waals surface area contributed by atoms with E-state index in [1.807, 2.05) is 0 Å². The van der Waals surface area contributed by atoms with E-state index in [2.05, 4.69) is 17.3 Å². The van der Waals surface area contributed by atoms with Gasteiger partial charge in [0.15, 0.2) is 0 Å². The minimum atomic E-state index is 0.804. The minimum absolute atomic E-state index is 0.804. The van der Waals surface area contributed by atoms with Crippen LogP contribution in [-0.4, -0.2) is 37.1 Å². The fourth-order valence-corrected chi connectivity index (χ4v) is 4.30. The molecule has 2 nitrogen and oxygen atoms in total. The van der Waals surface area contributed by atoms with Crippen LogP contribution >= 0.6 is 0 Å². The molecule has 0 radical (unpaired) electrons. The lowest BCUT2D eigenvalue weighted by molar-refractivity contribution is 0.165. The third-order valence-electron chi connectivity index (χ3n) is 5.38. The first-order valence-electron chi connectivity index (χ1n) is 7.28. The van der Waals surface area contributed by atoms with Crippen molar-refractivity contribution in [3.05, 3.63) is 0 Å². The van der Waals surface area contributed by atoms with Crippen LogP contribution in [0, 0.1) is 11.8 Å². The predicted molar refractivity (Wildman–Crippen MR) is 67.5 cm³/mol. The van der Waals surface area contributed by atoms with E-state index < -0.39 is 0 Å². The van der Waals surface area contributed by atoms with Crippen molar-refractivity contribution in [1.82, 2.24) is 10.2 Å². The summed E-state index contributed by atoms with van der Waals surface area (Å²) in [5.41, 5.74) is 0. The Labute approximate surface area is 99.8 Å². The molecule has 1 heterocycles. The first-order valence-corrected chi connectivity index (χ1v) is 7.28. The average molecular weight is 222 g/mol. The molecule has 1 saturated heterocycles. The highest BCUT2D eigenvalue weighted by Crippen LogP contribution is 2.40. The van der Waals surface area contributed by atoms with Gasteiger partial charge < -0.3 is 5.32 Å². The van der Waals surface area contributed by atoms with Gasteiger partial charge in [-0.2, -0.15) is 0 Å². The van der Waals surface area contributed by atoms with Gasteiger partial charge in [-0.05, 0) is 57.4 Å². The fourth-order valence-electron chi connectivity index (χ4n) is 4.30. The topological polar surface area (TPSA) is 15.3 Å². The molecule has 1 aliphatic heterocycles. The maximum Gasteiger partial charge on any atom is 0.00966 e. The number of hydrogen-bond donors (Lipinski definition) is 1. The van der Waals surface area contributed by atoms with Crippen LogP contribution in [0.4, 0.5) is 0 Å². The van der Waals surface area contributed by atoms with Crippen LogP contribution in [0.15, 0.2) is 0 Å². The third kappa shape index (κ3) is 2.02. The Bertz CT molecular complexity index is 221. The number of rotatable bonds is 2. The maximum absolute atomic E-state index is 3.44. The van der Waals surface area contributed by atoms with Gasteiger partial charge in [0.25, 0.3) is 0 Å². The number of nitrogens with zero attached hydrogens (tertiary/aromatic N) is 1. The quantitative estimate of drug-likeness (QED) is 0.771. The van der Waals surface area contributed by atoms with Crippen LogP contribution in [0.5, 0.6) is 0 Å². The van der Waals surface area contributed by atoms with E-state index in [1.54, 1.807) is 0 Å². The monoisotopic (exact) mass is 222 g/mol. The Morgan fingerprint density at radius 3 is 2.06 bits per heavy atom. The SMILES string of the molecule is CNC1CCC(N2CC3CCCC3C2)CC1. The molecule has 0 amide bonds. The Hall–Kier alpha value is -0.0800. The van der Waals surface area contributed by atoms with Gasteiger partial charge in [0.2, 0.25) is 0 Å². The molecule has 0 aromatic carbocycles. The Morgan fingerprint density at radius 2 is 1.50 bits per heavy atom. The number of hydrogen-bond acceptors (Lipinski definition) is 2. The summed E-state index contributed by atoms with van der Waals surface area (Å²) in [4.78, 5) is 2.83. The second kappa shape index (κ2) is 4.66. The van der Waals surface area contributed by atoms with E-state index in [0.717, 1.165) is 23.9 Å². The van der Waals surface area contributed by atoms with Crippen molar-refractivity contribution >= 4 is 0 Å². The molecule has 0 spiro atoms. The van der Waals surface area contributed by atoms with Crippen molar-refractivity contribution < 1.29 is 0 Å². The van der Waals surface area contributed by atoms with Crippen molar-refractivity contribution in [2.75, 3.05) is 20.1 Å². The van der Waals surface area contributed by atoms with E-state index in [0.29, 0.717) is 0 Å². The summed E-state index contributed by atoms with van der Waals surface area (Å²) in [6, 6.07) is 1.73. The molecule has 0 aromatic rings. The standard InChI is InChI=1S/C14H26N2/c1-15-13-5-7-14(8-6-13)16-9-11-3-2-4-12(11)10-16/h11-15H,2-10H2,1H3. The van der Waals surface area contributed by atoms with Crippen LogP contribution in [0.3, 0.4) is 0 Å². The zero-order valence-electron chi connectivity index (χ0n) is 10.6. The smallest absolute Gasteiger partial charge is 0.00966 e. The van der Waals surface area contributed by atoms with E-state index >= 15 is 0 Å². The van der Waals surface area contributed by atoms with Crippen LogP contribution in [0.25, 0.3) is 0 Å². The summed E-state index contributed by atoms with van der Waals surface area (Å²) in [5, 5.41) is 3.44. The van der Waals surface area contributed by atoms with Crippen molar-refractivity contribution in [1.29, 1.82) is 0 Å². The largest absolute Gasteiger partial charge is 0.317 e. The fraction of sp³-hybridized carbons (Fsp3) is 1.00. The maximum atomic E-state index is 3.44. The molecule has 3 fully saturated rings. The zero-order chi connectivity index (χ0) is 11.0. The number of nitrogens with one attached hydrogen (secondary N) is 1. The van der Waals surface area contributed by atoms with Crippen molar-refractivity contribution in [2.45, 2.75) is 57.0 Å². The molecule has 2 atom stereocenters. The highest BCUT2D eigenvalue weighted by atomic mass is 15.2. The molecule has 0 bridgehead atoms. The first kappa shape index (κ1) is 11.0. The van der Waals surface area contributed by atoms with Crippen LogP contribution in [0.2, 0.25) is 0 Å². The first-order chi connectivity index (χ1) is 7.86. The summed E-state index contributed by atoms with van der Waals surface area (Å²) < 4.78 is 0. The van der Waals surface area contributed by atoms with Gasteiger partial charge in [-0.3, -0.25) is 4.90 Å². The molecular formula is C14H26N2. The van der Waals surface area contributed by atoms with Gasteiger partial charge in [0.05, 0.1) is 0 Å². The summed E-state index contributed by atoms with van der Waals surface area (Å²) >= 11 is 0. The predicted octanol–water partition coefficient (Wildman–Crippen LogP) is 2.25. The van der Waals surface area contributed by atoms with Crippen molar-refractivity contribution in [2.24, 2.45) is 11.8 Å². The van der Waals surface area contributed by atoms with Gasteiger partial charge in [-0.15, -0.1) is 0 Å². The lowest BCUT2D eigenvalue weighted by Gasteiger charge is -2.35. The van der Waals surface area contributed by atoms with Crippen molar-refractivity contribution in [3.63, 3.8) is 0 Å². The lowest BCUT2D eigenvalue weighted by atomic mass is 9.90. The molecule has 1 N–H and O–H groups in total. The second-order valence-corrected chi connectivity index (χ2v) is 6.20. The number of fused-ring (bicyclic) bond motifs is 1. The molecule has 2 aliphatic carbocycles. The van der Waals surface area contributed by atoms with E-state index in [4.69, 9.17) is 0 Å². The molecule has 92 valence electrons. The van der Waals surface area contributed by atoms with Gasteiger partial charge in [0, 0.05) is 25.2 Å². The summed E-state index contributed by atoms with van der Waals surface area (Å²) in [5.74, 6) is 2.14. The van der Waals surface area contributed by atoms with Gasteiger partial charge >= 0.3 is 0 Å². The van der Waals surface area contributed by atoms with Gasteiger partial charge in [0.1, 0.15) is 0 Å². The van der Waals surface area contributed by atoms with Crippen LogP contribution in [-0.2, 0) is 0 Å². The summed E-state index contributed by atoms with van der Waals surface area (Å²) in [6.45, 7) is 2.86. The highest BCUT2D eigenvalue weighted by molar-refractivity contribution is 4.93. The van der Waals surface area contributed by atoms with Crippen LogP contribution < -0.4 is 5.32 Å². The number of likely N-dealkylation sites (tertiary alicyclic amines) is 1. The Balaban J connectivity index is 1.52. The highest BCUT2D eigenvalue weighted by Gasteiger charge is 2.39. The molecule has 2 heteroatoms. The zero-order valence-corrected chi connectivity index (χ0v) is 10.6. The Kier molecular flexibility index (Phi) is 3.21. The molecule has 2 unspecified atom stereocenters. The van der Waals surface area contributed by atoms with Gasteiger partial charge in [-0.1, -0.05) is 6.42 Å². The molecule has 16 heavy (non-hydrogen) atoms. The van der Waals surface area contributed by atoms with E-state index in [-0.39, 0.29) is 0 Å². The van der Waals surface area contributed by atoms with Crippen molar-refractivity contribution in [3.8, 4) is 0 Å². The molecular weight excluding hydrogens is 196 g/mol. The molecule has 2 saturated carbocycles. The molecule has 0 aromatic heterocycles.